The Morgan fingerprint density at radius 2 is 1.75 bits per heavy atom. The van der Waals surface area contributed by atoms with E-state index >= 15 is 0 Å². The molecule has 0 spiro atoms. The topological polar surface area (TPSA) is 49.3 Å². The van der Waals surface area contributed by atoms with Crippen molar-refractivity contribution in [3.05, 3.63) is 71.3 Å². The van der Waals surface area contributed by atoms with E-state index < -0.39 is 0 Å². The Hall–Kier alpha value is -2.13. The van der Waals surface area contributed by atoms with Crippen LogP contribution in [0.1, 0.15) is 21.5 Å². The molecule has 1 atom stereocenters. The third kappa shape index (κ3) is 3.68. The number of hydrogen-bond acceptors (Lipinski definition) is 2. The quantitative estimate of drug-likeness (QED) is 0.875. The first-order valence-corrected chi connectivity index (χ1v) is 6.72. The summed E-state index contributed by atoms with van der Waals surface area (Å²) in [5.74, 6) is -0.141. The largest absolute Gasteiger partial charge is 0.394 e. The zero-order chi connectivity index (χ0) is 14.4. The highest BCUT2D eigenvalue weighted by Crippen LogP contribution is 2.08. The zero-order valence-electron chi connectivity index (χ0n) is 11.5. The first kappa shape index (κ1) is 14.3. The first-order chi connectivity index (χ1) is 9.70. The molecule has 0 bridgehead atoms. The number of amides is 1. The normalized spacial score (nSPS) is 11.9. The van der Waals surface area contributed by atoms with Crippen LogP contribution in [0, 0.1) is 6.92 Å². The maximum absolute atomic E-state index is 12.2. The summed E-state index contributed by atoms with van der Waals surface area (Å²) in [4.78, 5) is 12.2. The van der Waals surface area contributed by atoms with Crippen molar-refractivity contribution in [3.63, 3.8) is 0 Å². The molecular formula is C17H19NO2. The number of aliphatic hydroxyl groups excluding tert-OH is 1. The molecule has 0 aliphatic heterocycles. The minimum absolute atomic E-state index is 0.0769. The summed E-state index contributed by atoms with van der Waals surface area (Å²) < 4.78 is 0. The zero-order valence-corrected chi connectivity index (χ0v) is 11.5. The van der Waals surface area contributed by atoms with Crippen LogP contribution in [0.4, 0.5) is 0 Å². The Kier molecular flexibility index (Phi) is 4.91. The molecule has 0 aliphatic carbocycles. The van der Waals surface area contributed by atoms with Gasteiger partial charge in [0.1, 0.15) is 0 Å². The minimum atomic E-state index is -0.274. The van der Waals surface area contributed by atoms with E-state index in [1.807, 2.05) is 55.5 Å². The Morgan fingerprint density at radius 1 is 1.10 bits per heavy atom. The number of aryl methyl sites for hydroxylation is 1. The fourth-order valence-electron chi connectivity index (χ4n) is 2.15. The van der Waals surface area contributed by atoms with E-state index in [-0.39, 0.29) is 18.6 Å². The molecule has 2 rings (SSSR count). The van der Waals surface area contributed by atoms with Crippen molar-refractivity contribution in [2.75, 3.05) is 6.61 Å². The minimum Gasteiger partial charge on any atom is -0.394 e. The van der Waals surface area contributed by atoms with Gasteiger partial charge in [-0.15, -0.1) is 0 Å². The molecule has 3 nitrogen and oxygen atoms in total. The van der Waals surface area contributed by atoms with Gasteiger partial charge in [0, 0.05) is 5.56 Å². The number of hydrogen-bond donors (Lipinski definition) is 2. The summed E-state index contributed by atoms with van der Waals surface area (Å²) in [7, 11) is 0. The van der Waals surface area contributed by atoms with E-state index in [0.29, 0.717) is 12.0 Å². The highest BCUT2D eigenvalue weighted by molar-refractivity contribution is 5.95. The van der Waals surface area contributed by atoms with Crippen molar-refractivity contribution in [2.45, 2.75) is 19.4 Å². The number of carbonyl (C=O) groups is 1. The van der Waals surface area contributed by atoms with Crippen LogP contribution in [0.25, 0.3) is 0 Å². The maximum Gasteiger partial charge on any atom is 0.251 e. The van der Waals surface area contributed by atoms with Crippen molar-refractivity contribution >= 4 is 5.91 Å². The summed E-state index contributed by atoms with van der Waals surface area (Å²) in [5, 5.41) is 12.3. The molecule has 0 radical (unpaired) electrons. The van der Waals surface area contributed by atoms with Crippen LogP contribution < -0.4 is 5.32 Å². The standard InChI is InChI=1S/C17H19NO2/c1-13-7-5-6-10-16(13)17(20)18-15(12-19)11-14-8-3-2-4-9-14/h2-10,15,19H,11-12H2,1H3,(H,18,20)/t15-/m1/s1. The molecule has 0 saturated carbocycles. The smallest absolute Gasteiger partial charge is 0.251 e. The molecule has 0 aliphatic rings. The lowest BCUT2D eigenvalue weighted by Gasteiger charge is -2.17. The molecule has 3 heteroatoms. The van der Waals surface area contributed by atoms with Crippen molar-refractivity contribution in [1.29, 1.82) is 0 Å². The third-order valence-electron chi connectivity index (χ3n) is 3.27. The monoisotopic (exact) mass is 269 g/mol. The van der Waals surface area contributed by atoms with E-state index in [1.165, 1.54) is 0 Å². The number of carbonyl (C=O) groups excluding carboxylic acids is 1. The lowest BCUT2D eigenvalue weighted by Crippen LogP contribution is -2.39. The van der Waals surface area contributed by atoms with E-state index in [9.17, 15) is 9.90 Å². The molecule has 0 saturated heterocycles. The van der Waals surface area contributed by atoms with Gasteiger partial charge >= 0.3 is 0 Å². The molecule has 2 N–H and O–H groups in total. The third-order valence-corrected chi connectivity index (χ3v) is 3.27. The predicted molar refractivity (Wildman–Crippen MR) is 79.7 cm³/mol. The van der Waals surface area contributed by atoms with E-state index in [2.05, 4.69) is 5.32 Å². The molecule has 0 aromatic heterocycles. The van der Waals surface area contributed by atoms with Crippen molar-refractivity contribution < 1.29 is 9.90 Å². The van der Waals surface area contributed by atoms with Gasteiger partial charge in [-0.2, -0.15) is 0 Å². The second kappa shape index (κ2) is 6.87. The van der Waals surface area contributed by atoms with Crippen molar-refractivity contribution in [3.8, 4) is 0 Å². The highest BCUT2D eigenvalue weighted by atomic mass is 16.3. The van der Waals surface area contributed by atoms with E-state index in [4.69, 9.17) is 0 Å². The van der Waals surface area contributed by atoms with Gasteiger partial charge in [0.25, 0.3) is 5.91 Å². The number of aliphatic hydroxyl groups is 1. The predicted octanol–water partition coefficient (Wildman–Crippen LogP) is 2.33. The van der Waals surface area contributed by atoms with Gasteiger partial charge in [0.15, 0.2) is 0 Å². The molecule has 0 heterocycles. The summed E-state index contributed by atoms with van der Waals surface area (Å²) in [6, 6.07) is 17.0. The Morgan fingerprint density at radius 3 is 2.40 bits per heavy atom. The molecule has 20 heavy (non-hydrogen) atoms. The van der Waals surface area contributed by atoms with Gasteiger partial charge in [-0.05, 0) is 30.5 Å². The van der Waals surface area contributed by atoms with Gasteiger partial charge in [0.2, 0.25) is 0 Å². The molecule has 2 aromatic rings. The second-order valence-electron chi connectivity index (χ2n) is 4.86. The van der Waals surface area contributed by atoms with E-state index in [0.717, 1.165) is 11.1 Å². The fourth-order valence-corrected chi connectivity index (χ4v) is 2.15. The van der Waals surface area contributed by atoms with Crippen LogP contribution in [0.2, 0.25) is 0 Å². The summed E-state index contributed by atoms with van der Waals surface area (Å²) >= 11 is 0. The van der Waals surface area contributed by atoms with Gasteiger partial charge < -0.3 is 10.4 Å². The molecule has 1 amide bonds. The van der Waals surface area contributed by atoms with Crippen LogP contribution in [0.15, 0.2) is 54.6 Å². The summed E-state index contributed by atoms with van der Waals surface area (Å²) in [6.07, 6.45) is 0.620. The number of rotatable bonds is 5. The number of benzene rings is 2. The molecule has 0 fully saturated rings. The number of nitrogens with one attached hydrogen (secondary N) is 1. The average molecular weight is 269 g/mol. The van der Waals surface area contributed by atoms with Crippen molar-refractivity contribution in [1.82, 2.24) is 5.32 Å². The lowest BCUT2D eigenvalue weighted by atomic mass is 10.0. The van der Waals surface area contributed by atoms with Crippen LogP contribution in [0.3, 0.4) is 0 Å². The van der Waals surface area contributed by atoms with Gasteiger partial charge in [-0.3, -0.25) is 4.79 Å². The van der Waals surface area contributed by atoms with Gasteiger partial charge in [-0.25, -0.2) is 0 Å². The summed E-state index contributed by atoms with van der Waals surface area (Å²) in [6.45, 7) is 1.83. The van der Waals surface area contributed by atoms with Gasteiger partial charge in [-0.1, -0.05) is 48.5 Å². The molecular weight excluding hydrogens is 250 g/mol. The lowest BCUT2D eigenvalue weighted by molar-refractivity contribution is 0.0916. The highest BCUT2D eigenvalue weighted by Gasteiger charge is 2.14. The average Bonchev–Trinajstić information content (AvgIpc) is 2.48. The second-order valence-corrected chi connectivity index (χ2v) is 4.86. The van der Waals surface area contributed by atoms with Gasteiger partial charge in [0.05, 0.1) is 12.6 Å². The Balaban J connectivity index is 2.03. The van der Waals surface area contributed by atoms with Crippen LogP contribution in [-0.2, 0) is 6.42 Å². The SMILES string of the molecule is Cc1ccccc1C(=O)N[C@@H](CO)Cc1ccccc1. The Bertz CT molecular complexity index is 566. The first-order valence-electron chi connectivity index (χ1n) is 6.72. The Labute approximate surface area is 119 Å². The fraction of sp³-hybridized carbons (Fsp3) is 0.235. The van der Waals surface area contributed by atoms with Crippen LogP contribution >= 0.6 is 0 Å². The molecule has 104 valence electrons. The van der Waals surface area contributed by atoms with E-state index in [1.54, 1.807) is 6.07 Å². The van der Waals surface area contributed by atoms with Crippen LogP contribution in [0.5, 0.6) is 0 Å². The summed E-state index contributed by atoms with van der Waals surface area (Å²) in [5.41, 5.74) is 2.68. The van der Waals surface area contributed by atoms with Crippen molar-refractivity contribution in [2.24, 2.45) is 0 Å². The molecule has 0 unspecified atom stereocenters. The maximum atomic E-state index is 12.2. The molecule has 2 aromatic carbocycles. The van der Waals surface area contributed by atoms with Crippen LogP contribution in [-0.4, -0.2) is 23.7 Å².